The average molecular weight is 285 g/mol. The van der Waals surface area contributed by atoms with Gasteiger partial charge in [0.25, 0.3) is 5.91 Å². The number of halogens is 2. The molecule has 0 bridgehead atoms. The topological polar surface area (TPSA) is 55.4 Å². The van der Waals surface area contributed by atoms with Gasteiger partial charge in [-0.3, -0.25) is 4.79 Å². The molecule has 1 aromatic carbocycles. The number of nitrogens with zero attached hydrogens (tertiary/aromatic N) is 1. The molecule has 0 saturated carbocycles. The molecule has 1 unspecified atom stereocenters. The van der Waals surface area contributed by atoms with Crippen LogP contribution < -0.4 is 5.73 Å². The van der Waals surface area contributed by atoms with Gasteiger partial charge in [-0.05, 0) is 17.7 Å². The van der Waals surface area contributed by atoms with Crippen LogP contribution in [0.2, 0.25) is 0 Å². The zero-order valence-corrected chi connectivity index (χ0v) is 10.00. The quantitative estimate of drug-likeness (QED) is 0.860. The Morgan fingerprint density at radius 3 is 2.56 bits per heavy atom. The fourth-order valence-electron chi connectivity index (χ4n) is 1.66. The molecule has 1 aliphatic rings. The summed E-state index contributed by atoms with van der Waals surface area (Å²) in [5, 5.41) is 0. The number of nitrogens with two attached hydrogens (primary N) is 1. The molecule has 0 spiro atoms. The Morgan fingerprint density at radius 2 is 2.00 bits per heavy atom. The Morgan fingerprint density at radius 1 is 1.38 bits per heavy atom. The zero-order chi connectivity index (χ0) is 11.8. The molecule has 0 saturated heterocycles. The number of hydrogen-bond donors (Lipinski definition) is 1. The second kappa shape index (κ2) is 3.97. The summed E-state index contributed by atoms with van der Waals surface area (Å²) in [7, 11) is 0. The smallest absolute Gasteiger partial charge is 0.289 e. The first-order chi connectivity index (χ1) is 7.52. The van der Waals surface area contributed by atoms with Gasteiger partial charge in [0.1, 0.15) is 5.84 Å². The third kappa shape index (κ3) is 1.87. The fraction of sp³-hybridized carbons (Fsp3) is 0.273. The van der Waals surface area contributed by atoms with Gasteiger partial charge in [0, 0.05) is 17.3 Å². The number of carbonyl (C=O) groups excluding carboxylic acids is 1. The minimum Gasteiger partial charge on any atom is -0.387 e. The molecule has 0 aromatic heterocycles. The molecule has 0 aliphatic carbocycles. The number of carbonyl (C=O) groups is 1. The van der Waals surface area contributed by atoms with Gasteiger partial charge >= 0.3 is 0 Å². The van der Waals surface area contributed by atoms with E-state index in [4.69, 9.17) is 5.73 Å². The van der Waals surface area contributed by atoms with Crippen molar-refractivity contribution in [2.75, 3.05) is 0 Å². The van der Waals surface area contributed by atoms with Gasteiger partial charge in [0.05, 0.1) is 0 Å². The van der Waals surface area contributed by atoms with E-state index in [0.29, 0.717) is 12.0 Å². The summed E-state index contributed by atoms with van der Waals surface area (Å²) < 4.78 is 15.3. The zero-order valence-electron chi connectivity index (χ0n) is 8.41. The van der Waals surface area contributed by atoms with Gasteiger partial charge < -0.3 is 5.73 Å². The van der Waals surface area contributed by atoms with Gasteiger partial charge in [0.15, 0.2) is 0 Å². The maximum atomic E-state index is 14.5. The Labute approximate surface area is 101 Å². The highest BCUT2D eigenvalue weighted by atomic mass is 79.9. The molecule has 5 heteroatoms. The van der Waals surface area contributed by atoms with Crippen molar-refractivity contribution in [3.8, 4) is 0 Å². The lowest BCUT2D eigenvalue weighted by Gasteiger charge is -2.25. The maximum absolute atomic E-state index is 14.5. The maximum Gasteiger partial charge on any atom is 0.289 e. The SMILES string of the molecule is NC1=NC(=O)C(F)(c2ccc(Br)cc2)CC1. The molecular formula is C11H10BrFN2O. The summed E-state index contributed by atoms with van der Waals surface area (Å²) in [5.41, 5.74) is 3.71. The molecular weight excluding hydrogens is 275 g/mol. The average Bonchev–Trinajstić information content (AvgIpc) is 2.25. The lowest BCUT2D eigenvalue weighted by atomic mass is 9.88. The van der Waals surface area contributed by atoms with Crippen molar-refractivity contribution in [1.29, 1.82) is 0 Å². The molecule has 84 valence electrons. The van der Waals surface area contributed by atoms with Crippen molar-refractivity contribution in [3.63, 3.8) is 0 Å². The van der Waals surface area contributed by atoms with Crippen LogP contribution in [0.1, 0.15) is 18.4 Å². The van der Waals surface area contributed by atoms with E-state index in [9.17, 15) is 9.18 Å². The fourth-order valence-corrected chi connectivity index (χ4v) is 1.93. The van der Waals surface area contributed by atoms with Crippen LogP contribution in [0.15, 0.2) is 33.7 Å². The summed E-state index contributed by atoms with van der Waals surface area (Å²) in [6, 6.07) is 6.56. The van der Waals surface area contributed by atoms with Crippen molar-refractivity contribution in [2.24, 2.45) is 10.7 Å². The van der Waals surface area contributed by atoms with E-state index in [1.165, 1.54) is 0 Å². The number of benzene rings is 1. The van der Waals surface area contributed by atoms with E-state index in [-0.39, 0.29) is 12.3 Å². The van der Waals surface area contributed by atoms with E-state index in [1.807, 2.05) is 0 Å². The highest BCUT2D eigenvalue weighted by molar-refractivity contribution is 9.10. The Balaban J connectivity index is 2.40. The van der Waals surface area contributed by atoms with Crippen LogP contribution in [-0.4, -0.2) is 11.7 Å². The first kappa shape index (κ1) is 11.3. The lowest BCUT2D eigenvalue weighted by Crippen LogP contribution is -2.36. The van der Waals surface area contributed by atoms with Crippen molar-refractivity contribution in [2.45, 2.75) is 18.5 Å². The first-order valence-corrected chi connectivity index (χ1v) is 5.64. The molecule has 3 nitrogen and oxygen atoms in total. The minimum absolute atomic E-state index is 0.0583. The van der Waals surface area contributed by atoms with Crippen molar-refractivity contribution in [1.82, 2.24) is 0 Å². The molecule has 1 heterocycles. The van der Waals surface area contributed by atoms with Crippen LogP contribution in [-0.2, 0) is 10.5 Å². The highest BCUT2D eigenvalue weighted by Gasteiger charge is 2.42. The van der Waals surface area contributed by atoms with Crippen LogP contribution in [0.4, 0.5) is 4.39 Å². The van der Waals surface area contributed by atoms with Gasteiger partial charge in [0.2, 0.25) is 5.67 Å². The summed E-state index contributed by atoms with van der Waals surface area (Å²) in [5.74, 6) is -0.603. The molecule has 0 radical (unpaired) electrons. The van der Waals surface area contributed by atoms with Gasteiger partial charge in [-0.15, -0.1) is 0 Å². The predicted molar refractivity (Wildman–Crippen MR) is 62.8 cm³/mol. The first-order valence-electron chi connectivity index (χ1n) is 4.85. The Kier molecular flexibility index (Phi) is 2.80. The monoisotopic (exact) mass is 284 g/mol. The van der Waals surface area contributed by atoms with Crippen molar-refractivity contribution in [3.05, 3.63) is 34.3 Å². The van der Waals surface area contributed by atoms with Gasteiger partial charge in [-0.2, -0.15) is 4.99 Å². The van der Waals surface area contributed by atoms with Crippen LogP contribution >= 0.6 is 15.9 Å². The number of hydrogen-bond acceptors (Lipinski definition) is 2. The summed E-state index contributed by atoms with van der Waals surface area (Å²) in [4.78, 5) is 15.1. The summed E-state index contributed by atoms with van der Waals surface area (Å²) in [6.07, 6.45) is 0.362. The second-order valence-corrected chi connectivity index (χ2v) is 4.63. The molecule has 1 aromatic rings. The summed E-state index contributed by atoms with van der Waals surface area (Å²) >= 11 is 3.26. The number of alkyl halides is 1. The van der Waals surface area contributed by atoms with E-state index in [0.717, 1.165) is 4.47 Å². The molecule has 2 rings (SSSR count). The molecule has 0 fully saturated rings. The highest BCUT2D eigenvalue weighted by Crippen LogP contribution is 2.35. The number of amidine groups is 1. The van der Waals surface area contributed by atoms with Crippen molar-refractivity contribution < 1.29 is 9.18 Å². The lowest BCUT2D eigenvalue weighted by molar-refractivity contribution is -0.130. The van der Waals surface area contributed by atoms with E-state index in [1.54, 1.807) is 24.3 Å². The molecule has 16 heavy (non-hydrogen) atoms. The molecule has 1 amide bonds. The van der Waals surface area contributed by atoms with Crippen molar-refractivity contribution >= 4 is 27.7 Å². The predicted octanol–water partition coefficient (Wildman–Crippen LogP) is 2.29. The van der Waals surface area contributed by atoms with E-state index in [2.05, 4.69) is 20.9 Å². The number of amides is 1. The van der Waals surface area contributed by atoms with Crippen LogP contribution in [0.25, 0.3) is 0 Å². The Hall–Kier alpha value is -1.23. The van der Waals surface area contributed by atoms with Crippen LogP contribution in [0.3, 0.4) is 0 Å². The van der Waals surface area contributed by atoms with Gasteiger partial charge in [-0.1, -0.05) is 28.1 Å². The standard InChI is InChI=1S/C11H10BrFN2O/c12-8-3-1-7(2-4-8)11(13)6-5-9(14)15-10(11)16/h1-4H,5-6H2,(H2,14,15,16). The number of aliphatic imine (C=N–C) groups is 1. The Bertz CT molecular complexity index is 458. The minimum atomic E-state index is -2.02. The normalized spacial score (nSPS) is 25.4. The molecule has 1 atom stereocenters. The van der Waals surface area contributed by atoms with Crippen LogP contribution in [0.5, 0.6) is 0 Å². The van der Waals surface area contributed by atoms with E-state index >= 15 is 0 Å². The number of rotatable bonds is 1. The largest absolute Gasteiger partial charge is 0.387 e. The molecule has 2 N–H and O–H groups in total. The van der Waals surface area contributed by atoms with E-state index < -0.39 is 11.6 Å². The van der Waals surface area contributed by atoms with Crippen LogP contribution in [0, 0.1) is 0 Å². The second-order valence-electron chi connectivity index (χ2n) is 3.72. The molecule has 1 aliphatic heterocycles. The third-order valence-electron chi connectivity index (χ3n) is 2.61. The third-order valence-corrected chi connectivity index (χ3v) is 3.14. The van der Waals surface area contributed by atoms with Gasteiger partial charge in [-0.25, -0.2) is 4.39 Å². The summed E-state index contributed by atoms with van der Waals surface area (Å²) in [6.45, 7) is 0.